The highest BCUT2D eigenvalue weighted by atomic mass is 19.1. The lowest BCUT2D eigenvalue weighted by Gasteiger charge is -2.32. The third-order valence-electron chi connectivity index (χ3n) is 6.43. The first-order valence-electron chi connectivity index (χ1n) is 9.89. The van der Waals surface area contributed by atoms with Crippen LogP contribution in [0.3, 0.4) is 0 Å². The first-order chi connectivity index (χ1) is 14.0. The molecule has 1 aromatic rings. The summed E-state index contributed by atoms with van der Waals surface area (Å²) in [6.07, 6.45) is 4.77. The third-order valence-corrected chi connectivity index (χ3v) is 6.43. The van der Waals surface area contributed by atoms with Gasteiger partial charge in [-0.25, -0.2) is 4.39 Å². The zero-order chi connectivity index (χ0) is 20.3. The van der Waals surface area contributed by atoms with Gasteiger partial charge in [-0.3, -0.25) is 14.4 Å². The smallest absolute Gasteiger partial charge is 0.246 e. The van der Waals surface area contributed by atoms with Crippen molar-refractivity contribution in [3.05, 3.63) is 47.8 Å². The van der Waals surface area contributed by atoms with Gasteiger partial charge in [0.15, 0.2) is 0 Å². The zero-order valence-corrected chi connectivity index (χ0v) is 15.9. The molecule has 2 N–H and O–H groups in total. The Labute approximate surface area is 167 Å². The van der Waals surface area contributed by atoms with Crippen LogP contribution in [-0.2, 0) is 25.7 Å². The van der Waals surface area contributed by atoms with Crippen molar-refractivity contribution in [2.45, 2.75) is 43.2 Å². The van der Waals surface area contributed by atoms with Crippen LogP contribution in [0, 0.1) is 17.7 Å². The first kappa shape index (κ1) is 18.3. The van der Waals surface area contributed by atoms with Crippen LogP contribution >= 0.6 is 0 Å². The average molecular weight is 399 g/mol. The molecule has 8 heteroatoms. The number of ether oxygens (including phenoxy) is 1. The standard InChI is InChI=1S/C21H22FN3O4/c1-23-18(26)15-14-8-9-21(29-14)16(15)20(28)25(13-6-7-13)17(21)19(27)24-10-11-2-4-12(22)5-3-11/h2-5,8-9,13-17H,6-7,10H2,1H3,(H,23,26)(H,24,27)/t14-,15+,16+,17+,21+/m1/s1. The SMILES string of the molecule is CNC(=O)[C@@H]1[C@H]2C(=O)N(C3CC3)[C@@H](C(=O)NCc3ccc(F)cc3)[C@]23C=C[C@H]1O3. The van der Waals surface area contributed by atoms with Crippen molar-refractivity contribution < 1.29 is 23.5 Å². The van der Waals surface area contributed by atoms with Crippen LogP contribution in [0.1, 0.15) is 18.4 Å². The van der Waals surface area contributed by atoms with Crippen LogP contribution in [-0.4, -0.2) is 53.5 Å². The number of amides is 3. The topological polar surface area (TPSA) is 87.7 Å². The zero-order valence-electron chi connectivity index (χ0n) is 15.9. The predicted molar refractivity (Wildman–Crippen MR) is 99.7 cm³/mol. The van der Waals surface area contributed by atoms with Crippen LogP contribution in [0.4, 0.5) is 4.39 Å². The lowest BCUT2D eigenvalue weighted by Crippen LogP contribution is -2.55. The van der Waals surface area contributed by atoms with Gasteiger partial charge in [-0.1, -0.05) is 24.3 Å². The molecule has 2 saturated heterocycles. The quantitative estimate of drug-likeness (QED) is 0.706. The molecule has 0 aromatic heterocycles. The molecule has 1 aromatic carbocycles. The Balaban J connectivity index is 1.44. The second-order valence-electron chi connectivity index (χ2n) is 8.14. The highest BCUT2D eigenvalue weighted by Crippen LogP contribution is 2.56. The summed E-state index contributed by atoms with van der Waals surface area (Å²) >= 11 is 0. The molecule has 29 heavy (non-hydrogen) atoms. The summed E-state index contributed by atoms with van der Waals surface area (Å²) in [5.74, 6) is -2.42. The maximum Gasteiger partial charge on any atom is 0.246 e. The summed E-state index contributed by atoms with van der Waals surface area (Å²) in [6.45, 7) is 0.217. The second kappa shape index (κ2) is 6.38. The molecule has 3 fully saturated rings. The molecule has 3 heterocycles. The lowest BCUT2D eigenvalue weighted by molar-refractivity contribution is -0.142. The largest absolute Gasteiger partial charge is 0.359 e. The van der Waals surface area contributed by atoms with Gasteiger partial charge in [-0.05, 0) is 30.5 Å². The van der Waals surface area contributed by atoms with E-state index in [2.05, 4.69) is 10.6 Å². The molecule has 2 bridgehead atoms. The van der Waals surface area contributed by atoms with Gasteiger partial charge >= 0.3 is 0 Å². The van der Waals surface area contributed by atoms with Crippen LogP contribution in [0.15, 0.2) is 36.4 Å². The Kier molecular flexibility index (Phi) is 4.03. The number of fused-ring (bicyclic) bond motifs is 1. The first-order valence-corrected chi connectivity index (χ1v) is 9.89. The molecule has 1 saturated carbocycles. The van der Waals surface area contributed by atoms with Crippen LogP contribution in [0.2, 0.25) is 0 Å². The molecule has 3 amide bonds. The minimum Gasteiger partial charge on any atom is -0.359 e. The maximum atomic E-state index is 13.3. The van der Waals surface area contributed by atoms with Gasteiger partial charge in [-0.15, -0.1) is 0 Å². The second-order valence-corrected chi connectivity index (χ2v) is 8.14. The monoisotopic (exact) mass is 399 g/mol. The molecule has 5 atom stereocenters. The Morgan fingerprint density at radius 2 is 1.97 bits per heavy atom. The molecule has 1 aliphatic carbocycles. The van der Waals surface area contributed by atoms with Crippen molar-refractivity contribution in [1.29, 1.82) is 0 Å². The van der Waals surface area contributed by atoms with Gasteiger partial charge in [0.1, 0.15) is 17.5 Å². The van der Waals surface area contributed by atoms with Gasteiger partial charge in [0, 0.05) is 19.6 Å². The summed E-state index contributed by atoms with van der Waals surface area (Å²) < 4.78 is 19.3. The van der Waals surface area contributed by atoms with Crippen molar-refractivity contribution in [1.82, 2.24) is 15.5 Å². The number of nitrogens with one attached hydrogen (secondary N) is 2. The number of halogens is 1. The van der Waals surface area contributed by atoms with Crippen molar-refractivity contribution in [3.63, 3.8) is 0 Å². The summed E-state index contributed by atoms with van der Waals surface area (Å²) in [5.41, 5.74) is -0.361. The lowest BCUT2D eigenvalue weighted by atomic mass is 9.74. The van der Waals surface area contributed by atoms with E-state index in [1.54, 1.807) is 29.2 Å². The normalized spacial score (nSPS) is 34.4. The van der Waals surface area contributed by atoms with E-state index >= 15 is 0 Å². The van der Waals surface area contributed by atoms with E-state index in [0.717, 1.165) is 18.4 Å². The molecule has 4 aliphatic rings. The molecule has 1 spiro atoms. The fourth-order valence-corrected chi connectivity index (χ4v) is 5.01. The molecule has 7 nitrogen and oxygen atoms in total. The number of carbonyl (C=O) groups is 3. The fourth-order valence-electron chi connectivity index (χ4n) is 5.01. The molecular weight excluding hydrogens is 377 g/mol. The average Bonchev–Trinajstić information content (AvgIpc) is 3.32. The van der Waals surface area contributed by atoms with Crippen molar-refractivity contribution in [2.75, 3.05) is 7.05 Å². The minimum absolute atomic E-state index is 0.00503. The van der Waals surface area contributed by atoms with Gasteiger partial charge in [-0.2, -0.15) is 0 Å². The van der Waals surface area contributed by atoms with Crippen molar-refractivity contribution in [2.24, 2.45) is 11.8 Å². The van der Waals surface area contributed by atoms with Crippen LogP contribution < -0.4 is 10.6 Å². The van der Waals surface area contributed by atoms with Gasteiger partial charge in [0.2, 0.25) is 17.7 Å². The van der Waals surface area contributed by atoms with E-state index in [0.29, 0.717) is 0 Å². The highest BCUT2D eigenvalue weighted by Gasteiger charge is 2.73. The molecule has 0 radical (unpaired) electrons. The van der Waals surface area contributed by atoms with Gasteiger partial charge in [0.05, 0.1) is 17.9 Å². The Bertz CT molecular complexity index is 913. The Morgan fingerprint density at radius 1 is 1.24 bits per heavy atom. The molecule has 5 rings (SSSR count). The maximum absolute atomic E-state index is 13.3. The van der Waals surface area contributed by atoms with E-state index in [-0.39, 0.29) is 36.1 Å². The molecule has 152 valence electrons. The third kappa shape index (κ3) is 2.62. The highest BCUT2D eigenvalue weighted by molar-refractivity contribution is 6.00. The van der Waals surface area contributed by atoms with E-state index in [4.69, 9.17) is 4.74 Å². The summed E-state index contributed by atoms with van der Waals surface area (Å²) in [6, 6.07) is 5.08. The van der Waals surface area contributed by atoms with E-state index in [1.807, 2.05) is 0 Å². The number of nitrogens with zero attached hydrogens (tertiary/aromatic N) is 1. The summed E-state index contributed by atoms with van der Waals surface area (Å²) in [7, 11) is 1.54. The number of carbonyl (C=O) groups excluding carboxylic acids is 3. The number of hydrogen-bond acceptors (Lipinski definition) is 4. The van der Waals surface area contributed by atoms with Crippen LogP contribution in [0.25, 0.3) is 0 Å². The van der Waals surface area contributed by atoms with Crippen molar-refractivity contribution >= 4 is 17.7 Å². The number of likely N-dealkylation sites (tertiary alicyclic amines) is 1. The minimum atomic E-state index is -1.12. The fraction of sp³-hybridized carbons (Fsp3) is 0.476. The molecule has 3 aliphatic heterocycles. The van der Waals surface area contributed by atoms with Gasteiger partial charge in [0.25, 0.3) is 0 Å². The summed E-state index contributed by atoms with van der Waals surface area (Å²) in [4.78, 5) is 40.7. The number of benzene rings is 1. The van der Waals surface area contributed by atoms with Crippen LogP contribution in [0.5, 0.6) is 0 Å². The summed E-state index contributed by atoms with van der Waals surface area (Å²) in [5, 5.41) is 5.49. The number of hydrogen-bond donors (Lipinski definition) is 2. The Morgan fingerprint density at radius 3 is 2.62 bits per heavy atom. The molecule has 0 unspecified atom stereocenters. The predicted octanol–water partition coefficient (Wildman–Crippen LogP) is 0.501. The van der Waals surface area contributed by atoms with E-state index < -0.39 is 29.6 Å². The van der Waals surface area contributed by atoms with Gasteiger partial charge < -0.3 is 20.3 Å². The number of rotatable bonds is 5. The van der Waals surface area contributed by atoms with E-state index in [1.165, 1.54) is 19.2 Å². The van der Waals surface area contributed by atoms with E-state index in [9.17, 15) is 18.8 Å². The Hall–Kier alpha value is -2.74. The molecular formula is C21H22FN3O4. The van der Waals surface area contributed by atoms with Crippen molar-refractivity contribution in [3.8, 4) is 0 Å².